The van der Waals surface area contributed by atoms with E-state index in [0.29, 0.717) is 0 Å². The van der Waals surface area contributed by atoms with Gasteiger partial charge in [0.05, 0.1) is 29.3 Å². The van der Waals surface area contributed by atoms with E-state index in [2.05, 4.69) is 9.72 Å². The summed E-state index contributed by atoms with van der Waals surface area (Å²) >= 11 is 0. The van der Waals surface area contributed by atoms with Gasteiger partial charge in [0.2, 0.25) is 0 Å². The third-order valence-corrected chi connectivity index (χ3v) is 3.31. The van der Waals surface area contributed by atoms with Gasteiger partial charge in [-0.25, -0.2) is 4.98 Å². The topological polar surface area (TPSA) is 45.5 Å². The van der Waals surface area contributed by atoms with E-state index in [1.165, 1.54) is 0 Å². The first-order valence-corrected chi connectivity index (χ1v) is 5.44. The first-order valence-electron chi connectivity index (χ1n) is 9.94. The molecule has 1 saturated heterocycles. The van der Waals surface area contributed by atoms with E-state index in [1.54, 1.807) is 27.7 Å². The Balaban J connectivity index is 2.62. The van der Waals surface area contributed by atoms with E-state index < -0.39 is 50.9 Å². The summed E-state index contributed by atoms with van der Waals surface area (Å²) in [6.45, 7) is 0.609. The van der Waals surface area contributed by atoms with E-state index in [0.717, 1.165) is 0 Å². The second kappa shape index (κ2) is 4.28. The van der Waals surface area contributed by atoms with Crippen LogP contribution in [0.1, 0.15) is 46.9 Å². The van der Waals surface area contributed by atoms with Crippen LogP contribution in [0.25, 0.3) is 0 Å². The highest BCUT2D eigenvalue weighted by Crippen LogP contribution is 2.36. The maximum absolute atomic E-state index is 8.22. The molecule has 18 heavy (non-hydrogen) atoms. The second-order valence-corrected chi connectivity index (χ2v) is 5.03. The van der Waals surface area contributed by atoms with Crippen LogP contribution in [0.5, 0.6) is 6.01 Å². The van der Waals surface area contributed by atoms with Crippen LogP contribution in [-0.2, 0) is 15.8 Å². The molecule has 0 aromatic carbocycles. The van der Waals surface area contributed by atoms with E-state index in [9.17, 15) is 0 Å². The molecule has 5 nitrogen and oxygen atoms in total. The zero-order valence-corrected chi connectivity index (χ0v) is 10.7. The maximum Gasteiger partial charge on any atom is 0.516 e. The molecule has 0 saturated carbocycles. The van der Waals surface area contributed by atoms with Crippen molar-refractivity contribution < 1.29 is 26.4 Å². The lowest BCUT2D eigenvalue weighted by Gasteiger charge is -2.32. The van der Waals surface area contributed by atoms with Gasteiger partial charge in [-0.2, -0.15) is 0 Å². The van der Waals surface area contributed by atoms with Crippen LogP contribution >= 0.6 is 0 Å². The summed E-state index contributed by atoms with van der Waals surface area (Å²) < 4.78 is 84.4. The van der Waals surface area contributed by atoms with Gasteiger partial charge in [-0.15, -0.1) is 0 Å². The largest absolute Gasteiger partial charge is 0.516 e. The quantitative estimate of drug-likeness (QED) is 0.767. The molecule has 100 valence electrons. The Hall–Kier alpha value is -1.01. The lowest BCUT2D eigenvalue weighted by atomic mass is 9.86. The van der Waals surface area contributed by atoms with E-state index in [4.69, 9.17) is 21.6 Å². The van der Waals surface area contributed by atoms with Crippen LogP contribution in [0.3, 0.4) is 0 Å². The number of aromatic nitrogens is 2. The molecule has 0 atom stereocenters. The van der Waals surface area contributed by atoms with Crippen molar-refractivity contribution in [1.82, 2.24) is 9.55 Å². The fraction of sp³-hybridized carbons (Fsp3) is 0.750. The fourth-order valence-corrected chi connectivity index (χ4v) is 1.54. The Labute approximate surface area is 121 Å². The van der Waals surface area contributed by atoms with Gasteiger partial charge < -0.3 is 18.6 Å². The van der Waals surface area contributed by atoms with Gasteiger partial charge in [-0.1, -0.05) is 0 Å². The van der Waals surface area contributed by atoms with Crippen molar-refractivity contribution in [3.63, 3.8) is 0 Å². The van der Waals surface area contributed by atoms with Crippen molar-refractivity contribution in [3.8, 4) is 6.01 Å². The van der Waals surface area contributed by atoms with Gasteiger partial charge >= 0.3 is 7.12 Å². The Morgan fingerprint density at radius 1 is 1.50 bits per heavy atom. The lowest BCUT2D eigenvalue weighted by Crippen LogP contribution is -2.41. The van der Waals surface area contributed by atoms with Gasteiger partial charge in [0.15, 0.2) is 0 Å². The monoisotopic (exact) mass is 261 g/mol. The number of rotatable bonds is 3. The van der Waals surface area contributed by atoms with Gasteiger partial charge in [0.1, 0.15) is 0 Å². The number of imidazole rings is 1. The highest BCUT2D eigenvalue weighted by Gasteiger charge is 2.52. The molecular weight excluding hydrogens is 231 g/mol. The SMILES string of the molecule is [2H]c1c(B2OC(C)(C)C(C)(C)O2)nc(OC([2H])([2H])[2H])n1C([2H])([2H])C([2H])([2H])[2H]. The predicted molar refractivity (Wildman–Crippen MR) is 70.2 cm³/mol. The minimum Gasteiger partial charge on any atom is -0.468 e. The van der Waals surface area contributed by atoms with Gasteiger partial charge in [0.25, 0.3) is 6.01 Å². The van der Waals surface area contributed by atoms with Gasteiger partial charge in [0, 0.05) is 19.5 Å². The molecule has 0 aliphatic carbocycles. The van der Waals surface area contributed by atoms with Crippen LogP contribution in [0, 0.1) is 0 Å². The summed E-state index contributed by atoms with van der Waals surface area (Å²) in [6.07, 6.45) is -0.714. The zero-order chi connectivity index (χ0) is 21.2. The summed E-state index contributed by atoms with van der Waals surface area (Å²) in [5.74, 6) is 0. The van der Waals surface area contributed by atoms with Crippen molar-refractivity contribution in [3.05, 3.63) is 6.17 Å². The molecule has 1 fully saturated rings. The summed E-state index contributed by atoms with van der Waals surface area (Å²) in [5, 5.41) is 0. The van der Waals surface area contributed by atoms with E-state index >= 15 is 0 Å². The fourth-order valence-electron chi connectivity index (χ4n) is 1.54. The Kier molecular flexibility index (Phi) is 1.42. The number of hydrogen-bond donors (Lipinski definition) is 0. The third-order valence-electron chi connectivity index (χ3n) is 3.31. The van der Waals surface area contributed by atoms with Crippen LogP contribution in [-0.4, -0.2) is 34.9 Å². The maximum atomic E-state index is 8.22. The minimum atomic E-state index is -3.22. The van der Waals surface area contributed by atoms with Crippen molar-refractivity contribution in [2.24, 2.45) is 0 Å². The highest BCUT2D eigenvalue weighted by atomic mass is 16.7. The van der Waals surface area contributed by atoms with E-state index in [1.807, 2.05) is 0 Å². The molecule has 1 aromatic heterocycles. The van der Waals surface area contributed by atoms with Crippen LogP contribution in [0.4, 0.5) is 0 Å². The summed E-state index contributed by atoms with van der Waals surface area (Å²) in [5.41, 5.74) is -1.88. The number of nitrogens with zero attached hydrogens (tertiary/aromatic N) is 2. The molecule has 2 heterocycles. The number of ether oxygens (including phenoxy) is 1. The Morgan fingerprint density at radius 3 is 2.72 bits per heavy atom. The number of hydrogen-bond acceptors (Lipinski definition) is 4. The van der Waals surface area contributed by atoms with Crippen molar-refractivity contribution in [1.29, 1.82) is 0 Å². The van der Waals surface area contributed by atoms with E-state index in [-0.39, 0.29) is 10.2 Å². The minimum absolute atomic E-state index is 0.277. The predicted octanol–water partition coefficient (Wildman–Crippen LogP) is 1.21. The first kappa shape index (κ1) is 5.97. The molecule has 2 rings (SSSR count). The zero-order valence-electron chi connectivity index (χ0n) is 19.7. The average molecular weight is 261 g/mol. The highest BCUT2D eigenvalue weighted by molar-refractivity contribution is 6.61. The molecule has 1 aromatic rings. The van der Waals surface area contributed by atoms with Crippen molar-refractivity contribution in [2.45, 2.75) is 52.2 Å². The average Bonchev–Trinajstić information content (AvgIpc) is 2.80. The molecule has 0 radical (unpaired) electrons. The standard InChI is InChI=1S/C12H21BN2O3/c1-7-15-8-9(14-10(15)16-6)13-17-11(2,3)12(4,5)18-13/h8H,7H2,1-6H3/i1D3,6D3,7D2,8D. The van der Waals surface area contributed by atoms with Crippen LogP contribution in [0.2, 0.25) is 0 Å². The normalized spacial score (nSPS) is 30.9. The van der Waals surface area contributed by atoms with Crippen LogP contribution < -0.4 is 10.3 Å². The molecule has 0 bridgehead atoms. The molecule has 0 N–H and O–H groups in total. The van der Waals surface area contributed by atoms with Crippen molar-refractivity contribution >= 4 is 12.7 Å². The van der Waals surface area contributed by atoms with Crippen molar-refractivity contribution in [2.75, 3.05) is 7.04 Å². The number of methoxy groups -OCH3 is 1. The smallest absolute Gasteiger partial charge is 0.468 e. The molecular formula is C12H21BN2O3. The first-order chi connectivity index (χ1) is 11.8. The van der Waals surface area contributed by atoms with Gasteiger partial charge in [-0.05, 0) is 34.5 Å². The third kappa shape index (κ3) is 2.03. The molecule has 0 spiro atoms. The molecule has 0 unspecified atom stereocenters. The molecule has 1 aliphatic heterocycles. The summed E-state index contributed by atoms with van der Waals surface area (Å²) in [4.78, 5) is 3.84. The summed E-state index contributed by atoms with van der Waals surface area (Å²) in [7, 11) is -4.26. The Bertz CT molecular complexity index is 711. The van der Waals surface area contributed by atoms with Gasteiger partial charge in [-0.3, -0.25) is 0 Å². The second-order valence-electron chi connectivity index (χ2n) is 5.03. The Morgan fingerprint density at radius 2 is 2.17 bits per heavy atom. The molecule has 1 aliphatic rings. The van der Waals surface area contributed by atoms with Crippen LogP contribution in [0.15, 0.2) is 6.17 Å². The lowest BCUT2D eigenvalue weighted by molar-refractivity contribution is 0.00578. The summed E-state index contributed by atoms with van der Waals surface area (Å²) in [6, 6.07) is -0.870. The molecule has 6 heteroatoms. The molecule has 0 amide bonds.